The molecule has 112 valence electrons. The van der Waals surface area contributed by atoms with E-state index in [1.807, 2.05) is 37.3 Å². The van der Waals surface area contributed by atoms with Crippen molar-refractivity contribution < 1.29 is 14.7 Å². The maximum atomic E-state index is 12.2. The van der Waals surface area contributed by atoms with Gasteiger partial charge in [-0.15, -0.1) is 0 Å². The van der Waals surface area contributed by atoms with Crippen molar-refractivity contribution in [3.63, 3.8) is 0 Å². The predicted molar refractivity (Wildman–Crippen MR) is 80.1 cm³/mol. The number of aliphatic carboxylic acids is 1. The molecule has 1 aliphatic rings. The number of allylic oxidation sites excluding steroid dienone is 1. The van der Waals surface area contributed by atoms with Crippen LogP contribution >= 0.6 is 0 Å². The first-order valence-corrected chi connectivity index (χ1v) is 7.11. The van der Waals surface area contributed by atoms with Gasteiger partial charge in [-0.25, -0.2) is 9.59 Å². The maximum absolute atomic E-state index is 12.2. The average molecular weight is 288 g/mol. The monoisotopic (exact) mass is 288 g/mol. The van der Waals surface area contributed by atoms with Gasteiger partial charge in [-0.1, -0.05) is 36.4 Å². The van der Waals surface area contributed by atoms with Crippen LogP contribution in [0.15, 0.2) is 36.4 Å². The van der Waals surface area contributed by atoms with Crippen molar-refractivity contribution in [2.75, 3.05) is 13.1 Å². The van der Waals surface area contributed by atoms with Gasteiger partial charge in [0.05, 0.1) is 0 Å². The van der Waals surface area contributed by atoms with Crippen LogP contribution in [0.2, 0.25) is 0 Å². The fourth-order valence-electron chi connectivity index (χ4n) is 2.58. The molecule has 2 rings (SSSR count). The van der Waals surface area contributed by atoms with Gasteiger partial charge in [0.25, 0.3) is 0 Å². The van der Waals surface area contributed by atoms with E-state index in [1.54, 1.807) is 6.07 Å². The molecule has 0 bridgehead atoms. The summed E-state index contributed by atoms with van der Waals surface area (Å²) >= 11 is 0. The lowest BCUT2D eigenvalue weighted by molar-refractivity contribution is -0.142. The van der Waals surface area contributed by atoms with Gasteiger partial charge in [0.2, 0.25) is 0 Å². The normalized spacial score (nSPS) is 17.6. The Morgan fingerprint density at radius 3 is 2.90 bits per heavy atom. The molecule has 0 fully saturated rings. The lowest BCUT2D eigenvalue weighted by Crippen LogP contribution is -2.48. The summed E-state index contributed by atoms with van der Waals surface area (Å²) in [7, 11) is 0. The molecule has 0 aliphatic carbocycles. The zero-order valence-electron chi connectivity index (χ0n) is 12.1. The fourth-order valence-corrected chi connectivity index (χ4v) is 2.58. The van der Waals surface area contributed by atoms with Crippen molar-refractivity contribution >= 4 is 12.0 Å². The number of carbonyl (C=O) groups is 2. The number of carbonyl (C=O) groups excluding carboxylic acids is 1. The van der Waals surface area contributed by atoms with E-state index in [0.717, 1.165) is 12.0 Å². The van der Waals surface area contributed by atoms with Crippen molar-refractivity contribution in [2.45, 2.75) is 25.8 Å². The third-order valence-corrected chi connectivity index (χ3v) is 3.60. The van der Waals surface area contributed by atoms with E-state index < -0.39 is 12.0 Å². The molecule has 2 amide bonds. The fraction of sp³-hybridized carbons (Fsp3) is 0.375. The van der Waals surface area contributed by atoms with Crippen LogP contribution in [-0.4, -0.2) is 35.1 Å². The second-order valence-corrected chi connectivity index (χ2v) is 4.97. The number of carboxylic acid groups (broad SMARTS) is 1. The first-order chi connectivity index (χ1) is 10.1. The number of urea groups is 1. The van der Waals surface area contributed by atoms with Crippen molar-refractivity contribution in [3.8, 4) is 0 Å². The van der Waals surface area contributed by atoms with Crippen molar-refractivity contribution in [1.29, 1.82) is 0 Å². The van der Waals surface area contributed by atoms with Gasteiger partial charge in [0.1, 0.15) is 0 Å². The average Bonchev–Trinajstić information content (AvgIpc) is 2.50. The Kier molecular flexibility index (Phi) is 4.98. The number of benzene rings is 1. The molecular weight excluding hydrogens is 268 g/mol. The number of hydrogen-bond acceptors (Lipinski definition) is 2. The van der Waals surface area contributed by atoms with E-state index in [4.69, 9.17) is 0 Å². The second kappa shape index (κ2) is 6.92. The Labute approximate surface area is 124 Å². The summed E-state index contributed by atoms with van der Waals surface area (Å²) in [6.07, 6.45) is 5.30. The van der Waals surface area contributed by atoms with Crippen LogP contribution in [0.4, 0.5) is 4.79 Å². The topological polar surface area (TPSA) is 69.6 Å². The molecular formula is C16H20N2O3. The first-order valence-electron chi connectivity index (χ1n) is 7.11. The van der Waals surface area contributed by atoms with Gasteiger partial charge >= 0.3 is 12.0 Å². The van der Waals surface area contributed by atoms with Crippen LogP contribution < -0.4 is 5.32 Å². The summed E-state index contributed by atoms with van der Waals surface area (Å²) in [4.78, 5) is 25.2. The molecule has 1 aromatic rings. The highest BCUT2D eigenvalue weighted by molar-refractivity contribution is 5.84. The molecule has 1 aliphatic heterocycles. The number of fused-ring (bicyclic) bond motifs is 1. The summed E-state index contributed by atoms with van der Waals surface area (Å²) < 4.78 is 0. The smallest absolute Gasteiger partial charge is 0.331 e. The van der Waals surface area contributed by atoms with Gasteiger partial charge in [-0.2, -0.15) is 0 Å². The van der Waals surface area contributed by atoms with Gasteiger partial charge < -0.3 is 15.3 Å². The molecule has 0 saturated carbocycles. The van der Waals surface area contributed by atoms with E-state index in [-0.39, 0.29) is 6.03 Å². The van der Waals surface area contributed by atoms with Crippen LogP contribution in [0.3, 0.4) is 0 Å². The molecule has 1 atom stereocenters. The minimum atomic E-state index is -0.995. The summed E-state index contributed by atoms with van der Waals surface area (Å²) in [6, 6.07) is 6.19. The van der Waals surface area contributed by atoms with Crippen LogP contribution in [0, 0.1) is 0 Å². The highest BCUT2D eigenvalue weighted by atomic mass is 16.4. The first kappa shape index (κ1) is 15.1. The number of amides is 2. The number of hydrogen-bond donors (Lipinski definition) is 2. The van der Waals surface area contributed by atoms with Crippen LogP contribution in [0.1, 0.15) is 30.5 Å². The van der Waals surface area contributed by atoms with Gasteiger partial charge in [-0.05, 0) is 30.9 Å². The zero-order chi connectivity index (χ0) is 15.2. The molecule has 1 heterocycles. The molecule has 0 radical (unpaired) electrons. The molecule has 5 heteroatoms. The number of nitrogens with zero attached hydrogens (tertiary/aromatic N) is 1. The predicted octanol–water partition coefficient (Wildman–Crippen LogP) is 2.35. The molecule has 0 spiro atoms. The molecule has 1 aromatic carbocycles. The van der Waals surface area contributed by atoms with E-state index in [0.29, 0.717) is 25.1 Å². The lowest BCUT2D eigenvalue weighted by Gasteiger charge is -2.34. The second-order valence-electron chi connectivity index (χ2n) is 4.97. The van der Waals surface area contributed by atoms with E-state index >= 15 is 0 Å². The Hall–Kier alpha value is -2.30. The Bertz CT molecular complexity index is 554. The summed E-state index contributed by atoms with van der Waals surface area (Å²) in [5.41, 5.74) is 1.71. The zero-order valence-corrected chi connectivity index (χ0v) is 12.1. The van der Waals surface area contributed by atoms with Crippen molar-refractivity contribution in [1.82, 2.24) is 10.2 Å². The molecule has 21 heavy (non-hydrogen) atoms. The SMILES string of the molecule is C/C=C/CCNC(=O)N1CCc2ccccc2C1C(=O)O. The minimum Gasteiger partial charge on any atom is -0.479 e. The quantitative estimate of drug-likeness (QED) is 0.660. The number of carboxylic acids is 1. The van der Waals surface area contributed by atoms with Crippen LogP contribution in [0.25, 0.3) is 0 Å². The van der Waals surface area contributed by atoms with E-state index in [1.165, 1.54) is 4.90 Å². The maximum Gasteiger partial charge on any atom is 0.331 e. The van der Waals surface area contributed by atoms with Crippen LogP contribution in [0.5, 0.6) is 0 Å². The van der Waals surface area contributed by atoms with Crippen molar-refractivity contribution in [2.24, 2.45) is 0 Å². The molecule has 1 unspecified atom stereocenters. The Balaban J connectivity index is 2.13. The van der Waals surface area contributed by atoms with Crippen LogP contribution in [-0.2, 0) is 11.2 Å². The third-order valence-electron chi connectivity index (χ3n) is 3.60. The highest BCUT2D eigenvalue weighted by Crippen LogP contribution is 2.29. The standard InChI is InChI=1S/C16H20N2O3/c1-2-3-6-10-17-16(21)18-11-9-12-7-4-5-8-13(12)14(18)15(19)20/h2-5,7-8,14H,6,9-11H2,1H3,(H,17,21)(H,19,20)/b3-2+. The molecule has 0 aromatic heterocycles. The van der Waals surface area contributed by atoms with E-state index in [2.05, 4.69) is 5.32 Å². The van der Waals surface area contributed by atoms with E-state index in [9.17, 15) is 14.7 Å². The Morgan fingerprint density at radius 2 is 2.19 bits per heavy atom. The minimum absolute atomic E-state index is 0.318. The third kappa shape index (κ3) is 3.42. The summed E-state index contributed by atoms with van der Waals surface area (Å²) in [5.74, 6) is -0.995. The Morgan fingerprint density at radius 1 is 1.43 bits per heavy atom. The highest BCUT2D eigenvalue weighted by Gasteiger charge is 2.35. The molecule has 2 N–H and O–H groups in total. The molecule has 0 saturated heterocycles. The summed E-state index contributed by atoms with van der Waals surface area (Å²) in [5, 5.41) is 12.3. The van der Waals surface area contributed by atoms with Gasteiger partial charge in [-0.3, -0.25) is 0 Å². The molecule has 5 nitrogen and oxygen atoms in total. The number of nitrogens with one attached hydrogen (secondary N) is 1. The largest absolute Gasteiger partial charge is 0.479 e. The van der Waals surface area contributed by atoms with Gasteiger partial charge in [0, 0.05) is 13.1 Å². The summed E-state index contributed by atoms with van der Waals surface area (Å²) in [6.45, 7) is 2.85. The lowest BCUT2D eigenvalue weighted by atomic mass is 9.93. The number of rotatable bonds is 4. The van der Waals surface area contributed by atoms with Crippen molar-refractivity contribution in [3.05, 3.63) is 47.5 Å². The van der Waals surface area contributed by atoms with Gasteiger partial charge in [0.15, 0.2) is 6.04 Å².